The summed E-state index contributed by atoms with van der Waals surface area (Å²) in [5, 5.41) is 7.48. The monoisotopic (exact) mass is 350 g/mol. The van der Waals surface area contributed by atoms with Gasteiger partial charge in [0, 0.05) is 23.2 Å². The third kappa shape index (κ3) is 3.68. The number of aromatic nitrogens is 2. The molecule has 2 amide bonds. The van der Waals surface area contributed by atoms with Crippen molar-refractivity contribution < 1.29 is 14.1 Å². The Labute approximate surface area is 144 Å². The van der Waals surface area contributed by atoms with Gasteiger partial charge in [-0.1, -0.05) is 30.6 Å². The zero-order valence-electron chi connectivity index (χ0n) is 13.5. The lowest BCUT2D eigenvalue weighted by molar-refractivity contribution is 0.0110. The number of anilines is 1. The molecule has 0 spiro atoms. The highest BCUT2D eigenvalue weighted by molar-refractivity contribution is 6.30. The molecule has 1 aliphatic rings. The predicted octanol–water partition coefficient (Wildman–Crippen LogP) is 3.45. The summed E-state index contributed by atoms with van der Waals surface area (Å²) in [7, 11) is 0. The average Bonchev–Trinajstić information content (AvgIpc) is 3.07. The van der Waals surface area contributed by atoms with Crippen LogP contribution in [0.4, 0.5) is 10.5 Å². The summed E-state index contributed by atoms with van der Waals surface area (Å²) in [6, 6.07) is 6.34. The van der Waals surface area contributed by atoms with E-state index in [0.29, 0.717) is 42.2 Å². The van der Waals surface area contributed by atoms with Gasteiger partial charge in [0.1, 0.15) is 6.04 Å². The van der Waals surface area contributed by atoms with Gasteiger partial charge >= 0.3 is 6.03 Å². The second-order valence-electron chi connectivity index (χ2n) is 5.87. The quantitative estimate of drug-likeness (QED) is 0.916. The fraction of sp³-hybridized carbons (Fsp3) is 0.438. The summed E-state index contributed by atoms with van der Waals surface area (Å²) in [5.41, 5.74) is 0.672. The SMILES string of the molecule is CC(C)c1nc([C@H]2COCCN2C(=O)Nc2ccc(Cl)cc2)no1. The van der Waals surface area contributed by atoms with Crippen molar-refractivity contribution in [3.8, 4) is 0 Å². The summed E-state index contributed by atoms with van der Waals surface area (Å²) in [6.07, 6.45) is 0. The summed E-state index contributed by atoms with van der Waals surface area (Å²) in [5.74, 6) is 1.14. The molecule has 1 aromatic heterocycles. The number of hydrogen-bond acceptors (Lipinski definition) is 5. The maximum atomic E-state index is 12.6. The predicted molar refractivity (Wildman–Crippen MR) is 89.1 cm³/mol. The Bertz CT molecular complexity index is 702. The van der Waals surface area contributed by atoms with Gasteiger partial charge in [-0.25, -0.2) is 4.79 Å². The zero-order chi connectivity index (χ0) is 17.1. The van der Waals surface area contributed by atoms with E-state index in [0.717, 1.165) is 0 Å². The molecular weight excluding hydrogens is 332 g/mol. The van der Waals surface area contributed by atoms with Gasteiger partial charge in [-0.05, 0) is 24.3 Å². The van der Waals surface area contributed by atoms with Gasteiger partial charge < -0.3 is 19.5 Å². The molecule has 0 saturated carbocycles. The fourth-order valence-electron chi connectivity index (χ4n) is 2.41. The second-order valence-corrected chi connectivity index (χ2v) is 6.30. The van der Waals surface area contributed by atoms with Crippen LogP contribution >= 0.6 is 11.6 Å². The Morgan fingerprint density at radius 3 is 2.79 bits per heavy atom. The molecule has 1 N–H and O–H groups in total. The Hall–Kier alpha value is -2.12. The van der Waals surface area contributed by atoms with Crippen LogP contribution in [0.5, 0.6) is 0 Å². The van der Waals surface area contributed by atoms with Gasteiger partial charge in [0.05, 0.1) is 13.2 Å². The van der Waals surface area contributed by atoms with Crippen LogP contribution in [0.3, 0.4) is 0 Å². The zero-order valence-corrected chi connectivity index (χ0v) is 14.3. The van der Waals surface area contributed by atoms with Crippen molar-refractivity contribution in [3.63, 3.8) is 0 Å². The number of carbonyl (C=O) groups excluding carboxylic acids is 1. The van der Waals surface area contributed by atoms with Crippen LogP contribution < -0.4 is 5.32 Å². The van der Waals surface area contributed by atoms with Gasteiger partial charge in [-0.15, -0.1) is 0 Å². The van der Waals surface area contributed by atoms with Gasteiger partial charge in [-0.3, -0.25) is 0 Å². The molecule has 1 aromatic carbocycles. The topological polar surface area (TPSA) is 80.5 Å². The lowest BCUT2D eigenvalue weighted by Crippen LogP contribution is -2.45. The van der Waals surface area contributed by atoms with Crippen molar-refractivity contribution >= 4 is 23.3 Å². The van der Waals surface area contributed by atoms with Crippen molar-refractivity contribution in [1.82, 2.24) is 15.0 Å². The molecule has 0 unspecified atom stereocenters. The molecule has 2 aromatic rings. The molecule has 3 rings (SSSR count). The molecular formula is C16H19ClN4O3. The number of halogens is 1. The van der Waals surface area contributed by atoms with E-state index in [1.165, 1.54) is 0 Å². The Morgan fingerprint density at radius 2 is 2.12 bits per heavy atom. The van der Waals surface area contributed by atoms with E-state index in [4.69, 9.17) is 20.9 Å². The number of rotatable bonds is 3. The Kier molecular flexibility index (Phi) is 5.01. The Morgan fingerprint density at radius 1 is 1.38 bits per heavy atom. The second kappa shape index (κ2) is 7.19. The number of nitrogens with one attached hydrogen (secondary N) is 1. The fourth-order valence-corrected chi connectivity index (χ4v) is 2.53. The summed E-state index contributed by atoms with van der Waals surface area (Å²) >= 11 is 5.86. The van der Waals surface area contributed by atoms with E-state index in [1.54, 1.807) is 29.2 Å². The highest BCUT2D eigenvalue weighted by Gasteiger charge is 2.32. The van der Waals surface area contributed by atoms with Crippen LogP contribution in [0, 0.1) is 0 Å². The van der Waals surface area contributed by atoms with Crippen LogP contribution in [0.2, 0.25) is 5.02 Å². The van der Waals surface area contributed by atoms with Gasteiger partial charge in [0.15, 0.2) is 5.82 Å². The van der Waals surface area contributed by atoms with Crippen molar-refractivity contribution in [2.75, 3.05) is 25.1 Å². The lowest BCUT2D eigenvalue weighted by Gasteiger charge is -2.33. The standard InChI is InChI=1S/C16H19ClN4O3/c1-10(2)15-19-14(20-24-15)13-9-23-8-7-21(13)16(22)18-12-5-3-11(17)4-6-12/h3-6,10,13H,7-9H2,1-2H3,(H,18,22)/t13-/m1/s1. The number of hydrogen-bond donors (Lipinski definition) is 1. The largest absolute Gasteiger partial charge is 0.377 e. The van der Waals surface area contributed by atoms with E-state index in [1.807, 2.05) is 13.8 Å². The maximum Gasteiger partial charge on any atom is 0.322 e. The van der Waals surface area contributed by atoms with E-state index in [2.05, 4.69) is 15.5 Å². The molecule has 0 aliphatic carbocycles. The maximum absolute atomic E-state index is 12.6. The molecule has 1 fully saturated rings. The number of ether oxygens (including phenoxy) is 1. The number of nitrogens with zero attached hydrogens (tertiary/aromatic N) is 3. The Balaban J connectivity index is 1.75. The van der Waals surface area contributed by atoms with Crippen LogP contribution in [0.1, 0.15) is 37.5 Å². The van der Waals surface area contributed by atoms with Crippen molar-refractivity contribution in [3.05, 3.63) is 41.0 Å². The molecule has 128 valence electrons. The molecule has 1 aliphatic heterocycles. The summed E-state index contributed by atoms with van der Waals surface area (Å²) in [4.78, 5) is 18.7. The van der Waals surface area contributed by atoms with Crippen LogP contribution in [-0.2, 0) is 4.74 Å². The minimum absolute atomic E-state index is 0.132. The molecule has 24 heavy (non-hydrogen) atoms. The van der Waals surface area contributed by atoms with Crippen molar-refractivity contribution in [2.45, 2.75) is 25.8 Å². The molecule has 0 radical (unpaired) electrons. The highest BCUT2D eigenvalue weighted by Crippen LogP contribution is 2.25. The molecule has 7 nitrogen and oxygen atoms in total. The summed E-state index contributed by atoms with van der Waals surface area (Å²) < 4.78 is 10.7. The van der Waals surface area contributed by atoms with E-state index in [9.17, 15) is 4.79 Å². The van der Waals surface area contributed by atoms with E-state index < -0.39 is 0 Å². The van der Waals surface area contributed by atoms with Gasteiger partial charge in [0.2, 0.25) is 5.89 Å². The average molecular weight is 351 g/mol. The lowest BCUT2D eigenvalue weighted by atomic mass is 10.2. The highest BCUT2D eigenvalue weighted by atomic mass is 35.5. The number of urea groups is 1. The third-order valence-electron chi connectivity index (χ3n) is 3.73. The minimum Gasteiger partial charge on any atom is -0.377 e. The molecule has 0 bridgehead atoms. The van der Waals surface area contributed by atoms with Crippen LogP contribution in [-0.4, -0.2) is 40.8 Å². The molecule has 8 heteroatoms. The number of benzene rings is 1. The van der Waals surface area contributed by atoms with Gasteiger partial charge in [-0.2, -0.15) is 4.98 Å². The van der Waals surface area contributed by atoms with Crippen LogP contribution in [0.25, 0.3) is 0 Å². The van der Waals surface area contributed by atoms with E-state index in [-0.39, 0.29) is 18.0 Å². The number of amides is 2. The third-order valence-corrected chi connectivity index (χ3v) is 3.99. The normalized spacial score (nSPS) is 18.0. The van der Waals surface area contributed by atoms with Gasteiger partial charge in [0.25, 0.3) is 0 Å². The first-order valence-electron chi connectivity index (χ1n) is 7.79. The first-order chi connectivity index (χ1) is 11.5. The number of morpholine rings is 1. The van der Waals surface area contributed by atoms with E-state index >= 15 is 0 Å². The van der Waals surface area contributed by atoms with Crippen molar-refractivity contribution in [1.29, 1.82) is 0 Å². The first kappa shape index (κ1) is 16.7. The smallest absolute Gasteiger partial charge is 0.322 e. The summed E-state index contributed by atoms with van der Waals surface area (Å²) in [6.45, 7) is 5.21. The molecule has 1 saturated heterocycles. The number of carbonyl (C=O) groups is 1. The molecule has 1 atom stereocenters. The van der Waals surface area contributed by atoms with Crippen LogP contribution in [0.15, 0.2) is 28.8 Å². The van der Waals surface area contributed by atoms with Crippen molar-refractivity contribution in [2.24, 2.45) is 0 Å². The minimum atomic E-state index is -0.373. The molecule has 2 heterocycles. The first-order valence-corrected chi connectivity index (χ1v) is 8.17.